The zero-order valence-corrected chi connectivity index (χ0v) is 18.4. The van der Waals surface area contributed by atoms with Gasteiger partial charge in [-0.3, -0.25) is 0 Å². The number of rotatable bonds is 7. The molecule has 0 spiro atoms. The van der Waals surface area contributed by atoms with E-state index in [-0.39, 0.29) is 14.7 Å². The minimum absolute atomic E-state index is 0.0129. The molecule has 0 unspecified atom stereocenters. The van der Waals surface area contributed by atoms with Gasteiger partial charge in [0.1, 0.15) is 0 Å². The van der Waals surface area contributed by atoms with Gasteiger partial charge in [-0.25, -0.2) is 21.6 Å². The summed E-state index contributed by atoms with van der Waals surface area (Å²) in [6.07, 6.45) is 2.61. The lowest BCUT2D eigenvalue weighted by Crippen LogP contribution is -2.28. The third kappa shape index (κ3) is 5.06. The van der Waals surface area contributed by atoms with Crippen molar-refractivity contribution in [1.82, 2.24) is 4.72 Å². The number of aryl methyl sites for hydroxylation is 1. The van der Waals surface area contributed by atoms with Crippen molar-refractivity contribution >= 4 is 19.9 Å². The van der Waals surface area contributed by atoms with E-state index < -0.39 is 19.9 Å². The van der Waals surface area contributed by atoms with Crippen molar-refractivity contribution in [2.75, 3.05) is 19.8 Å². The first-order chi connectivity index (χ1) is 13.7. The Balaban J connectivity index is 1.86. The summed E-state index contributed by atoms with van der Waals surface area (Å²) < 4.78 is 59.8. The molecule has 1 aliphatic rings. The van der Waals surface area contributed by atoms with Gasteiger partial charge in [-0.05, 0) is 74.4 Å². The van der Waals surface area contributed by atoms with Gasteiger partial charge in [0.25, 0.3) is 0 Å². The predicted molar refractivity (Wildman–Crippen MR) is 111 cm³/mol. The van der Waals surface area contributed by atoms with Crippen LogP contribution in [0.1, 0.15) is 30.4 Å². The van der Waals surface area contributed by atoms with E-state index in [1.165, 1.54) is 24.3 Å². The van der Waals surface area contributed by atoms with Crippen LogP contribution in [0.15, 0.2) is 57.2 Å². The second-order valence-electron chi connectivity index (χ2n) is 7.42. The Morgan fingerprint density at radius 3 is 2.28 bits per heavy atom. The summed E-state index contributed by atoms with van der Waals surface area (Å²) in [4.78, 5) is 0.134. The quantitative estimate of drug-likeness (QED) is 0.718. The molecule has 1 N–H and O–H groups in total. The molecule has 0 aliphatic carbocycles. The molecule has 1 heterocycles. The minimum atomic E-state index is -3.82. The molecular weight excluding hydrogens is 410 g/mol. The highest BCUT2D eigenvalue weighted by atomic mass is 32.2. The first-order valence-corrected chi connectivity index (χ1v) is 12.7. The fraction of sp³-hybridized carbons (Fsp3) is 0.429. The molecule has 1 fully saturated rings. The van der Waals surface area contributed by atoms with Crippen molar-refractivity contribution in [3.05, 3.63) is 53.6 Å². The van der Waals surface area contributed by atoms with Gasteiger partial charge in [-0.15, -0.1) is 0 Å². The maximum atomic E-state index is 13.0. The molecule has 0 saturated carbocycles. The van der Waals surface area contributed by atoms with Gasteiger partial charge in [-0.2, -0.15) is 0 Å². The summed E-state index contributed by atoms with van der Waals surface area (Å²) in [5.41, 5.74) is 1.17. The van der Waals surface area contributed by atoms with Crippen LogP contribution in [0, 0.1) is 19.8 Å². The number of hydrogen-bond donors (Lipinski definition) is 1. The zero-order valence-electron chi connectivity index (χ0n) is 16.7. The van der Waals surface area contributed by atoms with E-state index in [4.69, 9.17) is 4.74 Å². The Kier molecular flexibility index (Phi) is 6.78. The number of sulfone groups is 1. The first kappa shape index (κ1) is 22.0. The molecule has 0 amide bonds. The van der Waals surface area contributed by atoms with E-state index in [0.717, 1.165) is 32.5 Å². The lowest BCUT2D eigenvalue weighted by molar-refractivity contribution is 0.0644. The van der Waals surface area contributed by atoms with Crippen LogP contribution in [0.3, 0.4) is 0 Å². The molecule has 0 bridgehead atoms. The van der Waals surface area contributed by atoms with Gasteiger partial charge in [0.05, 0.1) is 14.7 Å². The lowest BCUT2D eigenvalue weighted by Gasteiger charge is -2.22. The predicted octanol–water partition coefficient (Wildman–Crippen LogP) is 3.23. The fourth-order valence-electron chi connectivity index (χ4n) is 3.48. The molecule has 1 aliphatic heterocycles. The molecule has 3 rings (SSSR count). The average Bonchev–Trinajstić information content (AvgIpc) is 2.71. The highest BCUT2D eigenvalue weighted by molar-refractivity contribution is 7.91. The van der Waals surface area contributed by atoms with Crippen LogP contribution in [0.4, 0.5) is 0 Å². The van der Waals surface area contributed by atoms with Crippen molar-refractivity contribution in [3.63, 3.8) is 0 Å². The van der Waals surface area contributed by atoms with E-state index in [1.807, 2.05) is 0 Å². The molecule has 1 saturated heterocycles. The third-order valence-electron chi connectivity index (χ3n) is 5.43. The monoisotopic (exact) mass is 437 g/mol. The molecule has 6 nitrogen and oxygen atoms in total. The Bertz CT molecular complexity index is 1060. The summed E-state index contributed by atoms with van der Waals surface area (Å²) in [7, 11) is -7.63. The number of hydrogen-bond acceptors (Lipinski definition) is 5. The summed E-state index contributed by atoms with van der Waals surface area (Å²) in [5, 5.41) is 0. The number of sulfonamides is 1. The van der Waals surface area contributed by atoms with Crippen molar-refractivity contribution < 1.29 is 21.6 Å². The van der Waals surface area contributed by atoms with Crippen LogP contribution in [0.25, 0.3) is 0 Å². The Morgan fingerprint density at radius 1 is 0.966 bits per heavy atom. The summed E-state index contributed by atoms with van der Waals surface area (Å²) >= 11 is 0. The van der Waals surface area contributed by atoms with E-state index in [9.17, 15) is 16.8 Å². The molecule has 0 aromatic heterocycles. The van der Waals surface area contributed by atoms with Crippen molar-refractivity contribution in [1.29, 1.82) is 0 Å². The SMILES string of the molecule is Cc1cc(S(=O)(=O)c2ccccc2)cc(S(=O)(=O)NCCC2CCOCC2)c1C. The topological polar surface area (TPSA) is 89.5 Å². The Labute approximate surface area is 173 Å². The zero-order chi connectivity index (χ0) is 21.1. The largest absolute Gasteiger partial charge is 0.381 e. The highest BCUT2D eigenvalue weighted by Gasteiger charge is 2.25. The standard InChI is InChI=1S/C21H27NO5S2/c1-16-14-20(28(23,24)19-6-4-3-5-7-19)15-21(17(16)2)29(25,26)22-11-8-18-9-12-27-13-10-18/h3-7,14-15,18,22H,8-13H2,1-2H3. The number of benzene rings is 2. The smallest absolute Gasteiger partial charge is 0.240 e. The van der Waals surface area contributed by atoms with Crippen LogP contribution >= 0.6 is 0 Å². The van der Waals surface area contributed by atoms with Crippen LogP contribution in [0.5, 0.6) is 0 Å². The molecule has 0 radical (unpaired) electrons. The molecule has 2 aromatic carbocycles. The van der Waals surface area contributed by atoms with Gasteiger partial charge in [-0.1, -0.05) is 18.2 Å². The molecule has 0 atom stereocenters. The summed E-state index contributed by atoms with van der Waals surface area (Å²) in [6.45, 7) is 5.17. The second kappa shape index (κ2) is 8.95. The van der Waals surface area contributed by atoms with Crippen LogP contribution in [-0.2, 0) is 24.6 Å². The van der Waals surface area contributed by atoms with Crippen LogP contribution < -0.4 is 4.72 Å². The molecular formula is C21H27NO5S2. The second-order valence-corrected chi connectivity index (χ2v) is 11.1. The third-order valence-corrected chi connectivity index (χ3v) is 8.77. The van der Waals surface area contributed by atoms with Crippen molar-refractivity contribution in [2.24, 2.45) is 5.92 Å². The van der Waals surface area contributed by atoms with E-state index in [2.05, 4.69) is 4.72 Å². The first-order valence-electron chi connectivity index (χ1n) is 9.70. The Hall–Kier alpha value is -1.74. The lowest BCUT2D eigenvalue weighted by atomic mass is 9.97. The van der Waals surface area contributed by atoms with Crippen molar-refractivity contribution in [2.45, 2.75) is 47.8 Å². The van der Waals surface area contributed by atoms with Gasteiger partial charge in [0, 0.05) is 19.8 Å². The van der Waals surface area contributed by atoms with E-state index >= 15 is 0 Å². The fourth-order valence-corrected chi connectivity index (χ4v) is 6.33. The maximum Gasteiger partial charge on any atom is 0.240 e. The highest BCUT2D eigenvalue weighted by Crippen LogP contribution is 2.28. The van der Waals surface area contributed by atoms with Gasteiger partial charge in [0.15, 0.2) is 0 Å². The molecule has 29 heavy (non-hydrogen) atoms. The number of ether oxygens (including phenoxy) is 1. The van der Waals surface area contributed by atoms with Crippen molar-refractivity contribution in [3.8, 4) is 0 Å². The minimum Gasteiger partial charge on any atom is -0.381 e. The van der Waals surface area contributed by atoms with Crippen LogP contribution in [-0.4, -0.2) is 36.6 Å². The van der Waals surface area contributed by atoms with Gasteiger partial charge >= 0.3 is 0 Å². The van der Waals surface area contributed by atoms with E-state index in [0.29, 0.717) is 23.6 Å². The van der Waals surface area contributed by atoms with Gasteiger partial charge in [0.2, 0.25) is 19.9 Å². The number of nitrogens with one attached hydrogen (secondary N) is 1. The van der Waals surface area contributed by atoms with Gasteiger partial charge < -0.3 is 4.74 Å². The summed E-state index contributed by atoms with van der Waals surface area (Å²) in [6, 6.07) is 10.8. The molecule has 8 heteroatoms. The van der Waals surface area contributed by atoms with Crippen LogP contribution in [0.2, 0.25) is 0 Å². The molecule has 158 valence electrons. The average molecular weight is 438 g/mol. The van der Waals surface area contributed by atoms with E-state index in [1.54, 1.807) is 32.0 Å². The Morgan fingerprint density at radius 2 is 1.62 bits per heavy atom. The summed E-state index contributed by atoms with van der Waals surface area (Å²) in [5.74, 6) is 0.444. The molecule has 2 aromatic rings. The normalized spacial score (nSPS) is 16.1. The maximum absolute atomic E-state index is 13.0.